The molecular weight excluding hydrogens is 288 g/mol. The zero-order chi connectivity index (χ0) is 15.7. The summed E-state index contributed by atoms with van der Waals surface area (Å²) in [5.74, 6) is 0. The molecule has 1 N–H and O–H groups in total. The number of hydrogen-bond acceptors (Lipinski definition) is 4. The molecule has 0 unspecified atom stereocenters. The van der Waals surface area contributed by atoms with Gasteiger partial charge >= 0.3 is 0 Å². The molecule has 0 atom stereocenters. The molecule has 1 rings (SSSR count). The number of rotatable bonds is 10. The van der Waals surface area contributed by atoms with E-state index < -0.39 is 10.2 Å². The van der Waals surface area contributed by atoms with Crippen molar-refractivity contribution < 1.29 is 8.42 Å². The molecule has 1 aromatic rings. The number of nitrogens with zero attached hydrogens (tertiary/aromatic N) is 3. The third-order valence-electron chi connectivity index (χ3n) is 3.26. The summed E-state index contributed by atoms with van der Waals surface area (Å²) in [5, 5.41) is 3.20. The first-order valence-corrected chi connectivity index (χ1v) is 8.73. The van der Waals surface area contributed by atoms with Gasteiger partial charge in [-0.2, -0.15) is 17.0 Å². The van der Waals surface area contributed by atoms with Crippen molar-refractivity contribution in [2.75, 3.05) is 33.2 Å². The minimum absolute atomic E-state index is 0.374. The van der Waals surface area contributed by atoms with E-state index in [0.717, 1.165) is 25.1 Å². The van der Waals surface area contributed by atoms with Crippen LogP contribution in [0.15, 0.2) is 24.5 Å². The minimum Gasteiger partial charge on any atom is -0.317 e. The van der Waals surface area contributed by atoms with Gasteiger partial charge in [0.05, 0.1) is 0 Å². The van der Waals surface area contributed by atoms with Gasteiger partial charge in [0.2, 0.25) is 0 Å². The van der Waals surface area contributed by atoms with Crippen LogP contribution in [0.2, 0.25) is 0 Å². The Morgan fingerprint density at radius 1 is 1.24 bits per heavy atom. The highest BCUT2D eigenvalue weighted by Crippen LogP contribution is 2.11. The fraction of sp³-hybridized carbons (Fsp3) is 0.643. The Morgan fingerprint density at radius 3 is 2.48 bits per heavy atom. The van der Waals surface area contributed by atoms with E-state index >= 15 is 0 Å². The predicted molar refractivity (Wildman–Crippen MR) is 85.0 cm³/mol. The molecule has 0 aliphatic heterocycles. The Kier molecular flexibility index (Phi) is 7.81. The van der Waals surface area contributed by atoms with Gasteiger partial charge in [0.15, 0.2) is 0 Å². The first kappa shape index (κ1) is 18.0. The summed E-state index contributed by atoms with van der Waals surface area (Å²) in [6.45, 7) is 6.95. The van der Waals surface area contributed by atoms with Crippen molar-refractivity contribution >= 4 is 10.2 Å². The molecule has 0 aromatic carbocycles. The molecule has 120 valence electrons. The van der Waals surface area contributed by atoms with E-state index in [1.807, 2.05) is 26.0 Å². The molecule has 1 aromatic heterocycles. The minimum atomic E-state index is -3.42. The van der Waals surface area contributed by atoms with Crippen LogP contribution in [0.1, 0.15) is 25.8 Å². The van der Waals surface area contributed by atoms with Crippen molar-refractivity contribution in [1.29, 1.82) is 0 Å². The van der Waals surface area contributed by atoms with E-state index in [1.165, 1.54) is 8.61 Å². The number of pyridine rings is 1. The first-order chi connectivity index (χ1) is 10.0. The quantitative estimate of drug-likeness (QED) is 0.656. The topological polar surface area (TPSA) is 65.5 Å². The smallest absolute Gasteiger partial charge is 0.282 e. The van der Waals surface area contributed by atoms with Crippen LogP contribution in [0.25, 0.3) is 0 Å². The fourth-order valence-electron chi connectivity index (χ4n) is 1.96. The van der Waals surface area contributed by atoms with Gasteiger partial charge in [0.25, 0.3) is 10.2 Å². The van der Waals surface area contributed by atoms with Gasteiger partial charge in [-0.15, -0.1) is 0 Å². The highest BCUT2D eigenvalue weighted by Gasteiger charge is 2.25. The molecule has 7 heteroatoms. The third kappa shape index (κ3) is 5.70. The lowest BCUT2D eigenvalue weighted by Gasteiger charge is -2.26. The van der Waals surface area contributed by atoms with Crippen molar-refractivity contribution in [2.45, 2.75) is 26.8 Å². The second-order valence-electron chi connectivity index (χ2n) is 4.82. The van der Waals surface area contributed by atoms with Gasteiger partial charge in [0.1, 0.15) is 0 Å². The Bertz CT molecular complexity index is 493. The number of aromatic nitrogens is 1. The Balaban J connectivity index is 2.64. The van der Waals surface area contributed by atoms with Crippen molar-refractivity contribution in [1.82, 2.24) is 18.9 Å². The molecule has 1 heterocycles. The molecule has 0 bridgehead atoms. The average Bonchev–Trinajstić information content (AvgIpc) is 2.49. The third-order valence-corrected chi connectivity index (χ3v) is 5.27. The van der Waals surface area contributed by atoms with Crippen molar-refractivity contribution in [3.8, 4) is 0 Å². The van der Waals surface area contributed by atoms with Crippen LogP contribution in [0, 0.1) is 0 Å². The van der Waals surface area contributed by atoms with Crippen molar-refractivity contribution in [3.63, 3.8) is 0 Å². The zero-order valence-corrected chi connectivity index (χ0v) is 13.9. The maximum atomic E-state index is 12.5. The standard InChI is InChI=1S/C14H26N4O2S/c1-4-15-9-6-12-17(3)21(19,20)18(5-2)13-14-7-10-16-11-8-14/h7-8,10-11,15H,4-6,9,12-13H2,1-3H3. The Labute approximate surface area is 128 Å². The first-order valence-electron chi connectivity index (χ1n) is 7.33. The lowest BCUT2D eigenvalue weighted by molar-refractivity contribution is 0.360. The van der Waals surface area contributed by atoms with Crippen molar-refractivity contribution in [3.05, 3.63) is 30.1 Å². The van der Waals surface area contributed by atoms with E-state index in [0.29, 0.717) is 19.6 Å². The SMILES string of the molecule is CCNCCCN(C)S(=O)(=O)N(CC)Cc1ccncc1. The van der Waals surface area contributed by atoms with Crippen molar-refractivity contribution in [2.24, 2.45) is 0 Å². The summed E-state index contributed by atoms with van der Waals surface area (Å²) < 4.78 is 28.0. The largest absolute Gasteiger partial charge is 0.317 e. The van der Waals surface area contributed by atoms with E-state index in [9.17, 15) is 8.42 Å². The number of nitrogens with one attached hydrogen (secondary N) is 1. The number of hydrogen-bond donors (Lipinski definition) is 1. The molecule has 0 fully saturated rings. The molecule has 0 aliphatic rings. The normalized spacial score (nSPS) is 12.2. The molecule has 21 heavy (non-hydrogen) atoms. The summed E-state index contributed by atoms with van der Waals surface area (Å²) in [5.41, 5.74) is 0.941. The highest BCUT2D eigenvalue weighted by atomic mass is 32.2. The maximum Gasteiger partial charge on any atom is 0.282 e. The predicted octanol–water partition coefficient (Wildman–Crippen LogP) is 1.08. The molecule has 0 aliphatic carbocycles. The summed E-state index contributed by atoms with van der Waals surface area (Å²) in [6.07, 6.45) is 4.15. The second-order valence-corrected chi connectivity index (χ2v) is 6.85. The second kappa shape index (κ2) is 9.09. The van der Waals surface area contributed by atoms with Gasteiger partial charge < -0.3 is 5.32 Å². The van der Waals surface area contributed by atoms with E-state index in [2.05, 4.69) is 10.3 Å². The molecule has 0 radical (unpaired) electrons. The van der Waals surface area contributed by atoms with E-state index in [-0.39, 0.29) is 0 Å². The lowest BCUT2D eigenvalue weighted by atomic mass is 10.3. The van der Waals surface area contributed by atoms with Gasteiger partial charge in [-0.1, -0.05) is 13.8 Å². The van der Waals surface area contributed by atoms with Gasteiger partial charge in [0, 0.05) is 39.1 Å². The lowest BCUT2D eigenvalue weighted by Crippen LogP contribution is -2.42. The van der Waals surface area contributed by atoms with E-state index in [4.69, 9.17) is 0 Å². The summed E-state index contributed by atoms with van der Waals surface area (Å²) in [7, 11) is -1.78. The summed E-state index contributed by atoms with van der Waals surface area (Å²) >= 11 is 0. The molecule has 0 spiro atoms. The van der Waals surface area contributed by atoms with Crippen LogP contribution in [-0.2, 0) is 16.8 Å². The molecule has 0 saturated carbocycles. The zero-order valence-electron chi connectivity index (χ0n) is 13.1. The summed E-state index contributed by atoms with van der Waals surface area (Å²) in [4.78, 5) is 3.95. The van der Waals surface area contributed by atoms with Crippen LogP contribution in [0.4, 0.5) is 0 Å². The maximum absolute atomic E-state index is 12.5. The molecule has 6 nitrogen and oxygen atoms in total. The molecular formula is C14H26N4O2S. The Morgan fingerprint density at radius 2 is 1.90 bits per heavy atom. The van der Waals surface area contributed by atoms with Crippen LogP contribution in [-0.4, -0.2) is 55.2 Å². The van der Waals surface area contributed by atoms with Crippen LogP contribution in [0.3, 0.4) is 0 Å². The average molecular weight is 314 g/mol. The molecule has 0 saturated heterocycles. The molecule has 0 amide bonds. The van der Waals surface area contributed by atoms with Crippen LogP contribution in [0.5, 0.6) is 0 Å². The fourth-order valence-corrected chi connectivity index (χ4v) is 3.36. The van der Waals surface area contributed by atoms with Crippen LogP contribution < -0.4 is 5.32 Å². The van der Waals surface area contributed by atoms with Crippen LogP contribution >= 0.6 is 0 Å². The highest BCUT2D eigenvalue weighted by molar-refractivity contribution is 7.86. The van der Waals surface area contributed by atoms with Gasteiger partial charge in [-0.05, 0) is 37.2 Å². The Hall–Kier alpha value is -1.02. The van der Waals surface area contributed by atoms with Gasteiger partial charge in [-0.25, -0.2) is 0 Å². The summed E-state index contributed by atoms with van der Waals surface area (Å²) in [6, 6.07) is 3.67. The monoisotopic (exact) mass is 314 g/mol. The van der Waals surface area contributed by atoms with Gasteiger partial charge in [-0.3, -0.25) is 4.98 Å². The van der Waals surface area contributed by atoms with E-state index in [1.54, 1.807) is 19.4 Å².